The van der Waals surface area contributed by atoms with Crippen molar-refractivity contribution in [3.05, 3.63) is 16.1 Å². The number of sulfone groups is 1. The van der Waals surface area contributed by atoms with E-state index in [2.05, 4.69) is 4.98 Å². The highest BCUT2D eigenvalue weighted by atomic mass is 32.2. The van der Waals surface area contributed by atoms with E-state index >= 15 is 0 Å². The Morgan fingerprint density at radius 1 is 1.65 bits per heavy atom. The molecular weight excluding hydrogens is 256 g/mol. The third-order valence-electron chi connectivity index (χ3n) is 2.91. The van der Waals surface area contributed by atoms with E-state index in [1.165, 1.54) is 4.88 Å². The number of hydrogen-bond acceptors (Lipinski definition) is 5. The van der Waals surface area contributed by atoms with Gasteiger partial charge in [0.05, 0.1) is 16.5 Å². The fraction of sp³-hybridized carbons (Fsp3) is 0.727. The summed E-state index contributed by atoms with van der Waals surface area (Å²) in [6, 6.07) is 0.148. The van der Waals surface area contributed by atoms with Crippen LogP contribution >= 0.6 is 11.3 Å². The van der Waals surface area contributed by atoms with Crippen LogP contribution in [-0.2, 0) is 22.7 Å². The fourth-order valence-corrected chi connectivity index (χ4v) is 5.17. The summed E-state index contributed by atoms with van der Waals surface area (Å²) in [4.78, 5) is 5.54. The molecule has 0 bridgehead atoms. The molecule has 4 nitrogen and oxygen atoms in total. The number of aromatic nitrogens is 1. The highest BCUT2D eigenvalue weighted by Crippen LogP contribution is 2.25. The lowest BCUT2D eigenvalue weighted by Crippen LogP contribution is -2.16. The zero-order chi connectivity index (χ0) is 12.5. The van der Waals surface area contributed by atoms with E-state index in [0.29, 0.717) is 11.5 Å². The summed E-state index contributed by atoms with van der Waals surface area (Å²) in [6.07, 6.45) is 4.29. The molecule has 1 fully saturated rings. The van der Waals surface area contributed by atoms with Gasteiger partial charge in [-0.1, -0.05) is 0 Å². The second-order valence-corrected chi connectivity index (χ2v) is 8.30. The van der Waals surface area contributed by atoms with Crippen LogP contribution < -0.4 is 5.73 Å². The van der Waals surface area contributed by atoms with Gasteiger partial charge in [-0.3, -0.25) is 0 Å². The van der Waals surface area contributed by atoms with Gasteiger partial charge < -0.3 is 5.73 Å². The molecule has 6 heteroatoms. The Hall–Kier alpha value is -0.460. The number of hydrogen-bond donors (Lipinski definition) is 1. The summed E-state index contributed by atoms with van der Waals surface area (Å²) in [6.45, 7) is 1.98. The summed E-state index contributed by atoms with van der Waals surface area (Å²) < 4.78 is 22.7. The number of nitrogens with two attached hydrogens (primary N) is 1. The maximum absolute atomic E-state index is 11.3. The monoisotopic (exact) mass is 274 g/mol. The van der Waals surface area contributed by atoms with Crippen LogP contribution in [0.4, 0.5) is 0 Å². The smallest absolute Gasteiger partial charge is 0.150 e. The van der Waals surface area contributed by atoms with Crippen LogP contribution in [0.25, 0.3) is 0 Å². The standard InChI is InChI=1S/C11H18N2O2S2/c1-8(12)4-10-6-13-11(16-10)5-9-2-3-17(14,15)7-9/h6,8-9H,2-5,7,12H2,1H3. The first kappa shape index (κ1) is 13.0. The van der Waals surface area contributed by atoms with Crippen LogP contribution in [0.3, 0.4) is 0 Å². The van der Waals surface area contributed by atoms with Gasteiger partial charge in [0.1, 0.15) is 0 Å². The molecule has 1 aromatic rings. The van der Waals surface area contributed by atoms with Gasteiger partial charge in [0.15, 0.2) is 9.84 Å². The van der Waals surface area contributed by atoms with Gasteiger partial charge in [0, 0.05) is 23.5 Å². The minimum atomic E-state index is -2.77. The minimum absolute atomic E-state index is 0.148. The average Bonchev–Trinajstić information content (AvgIpc) is 2.73. The first-order valence-corrected chi connectivity index (χ1v) is 8.48. The molecule has 0 saturated carbocycles. The summed E-state index contributed by atoms with van der Waals surface area (Å²) >= 11 is 1.66. The summed E-state index contributed by atoms with van der Waals surface area (Å²) in [7, 11) is -2.77. The quantitative estimate of drug-likeness (QED) is 0.889. The fourth-order valence-electron chi connectivity index (χ4n) is 2.13. The second-order valence-electron chi connectivity index (χ2n) is 4.87. The highest BCUT2D eigenvalue weighted by Gasteiger charge is 2.28. The van der Waals surface area contributed by atoms with Crippen LogP contribution in [0.2, 0.25) is 0 Å². The topological polar surface area (TPSA) is 73.0 Å². The van der Waals surface area contributed by atoms with Gasteiger partial charge in [-0.2, -0.15) is 0 Å². The van der Waals surface area contributed by atoms with Gasteiger partial charge in [-0.25, -0.2) is 13.4 Å². The summed E-state index contributed by atoms with van der Waals surface area (Å²) in [5.41, 5.74) is 5.73. The van der Waals surface area contributed by atoms with Gasteiger partial charge in [0.25, 0.3) is 0 Å². The van der Waals surface area contributed by atoms with Crippen LogP contribution in [0.5, 0.6) is 0 Å². The van der Waals surface area contributed by atoms with E-state index in [1.54, 1.807) is 11.3 Å². The lowest BCUT2D eigenvalue weighted by molar-refractivity contribution is 0.582. The van der Waals surface area contributed by atoms with Crippen molar-refractivity contribution >= 4 is 21.2 Å². The molecule has 1 aromatic heterocycles. The first-order valence-electron chi connectivity index (χ1n) is 5.84. The van der Waals surface area contributed by atoms with Crippen molar-refractivity contribution in [2.45, 2.75) is 32.2 Å². The summed E-state index contributed by atoms with van der Waals surface area (Å²) in [5, 5.41) is 1.04. The Morgan fingerprint density at radius 2 is 2.41 bits per heavy atom. The van der Waals surface area contributed by atoms with Crippen LogP contribution in [0, 0.1) is 5.92 Å². The second kappa shape index (κ2) is 5.04. The molecule has 2 rings (SSSR count). The molecule has 0 aromatic carbocycles. The third-order valence-corrected chi connectivity index (χ3v) is 5.79. The van der Waals surface area contributed by atoms with E-state index < -0.39 is 9.84 Å². The van der Waals surface area contributed by atoms with Crippen molar-refractivity contribution in [2.24, 2.45) is 11.7 Å². The molecule has 1 aliphatic heterocycles. The molecule has 1 aliphatic rings. The van der Waals surface area contributed by atoms with Gasteiger partial charge >= 0.3 is 0 Å². The molecule has 0 aliphatic carbocycles. The molecule has 2 heterocycles. The molecule has 17 heavy (non-hydrogen) atoms. The van der Waals surface area contributed by atoms with E-state index in [9.17, 15) is 8.42 Å². The first-order chi connectivity index (χ1) is 7.94. The maximum atomic E-state index is 11.3. The Balaban J connectivity index is 1.93. The lowest BCUT2D eigenvalue weighted by Gasteiger charge is -2.03. The van der Waals surface area contributed by atoms with Crippen molar-refractivity contribution in [1.82, 2.24) is 4.98 Å². The molecule has 0 amide bonds. The van der Waals surface area contributed by atoms with Gasteiger partial charge in [-0.05, 0) is 25.7 Å². The molecule has 1 saturated heterocycles. The highest BCUT2D eigenvalue weighted by molar-refractivity contribution is 7.91. The minimum Gasteiger partial charge on any atom is -0.328 e. The van der Waals surface area contributed by atoms with E-state index in [0.717, 1.165) is 24.3 Å². The predicted molar refractivity (Wildman–Crippen MR) is 69.9 cm³/mol. The van der Waals surface area contributed by atoms with E-state index in [1.807, 2.05) is 13.1 Å². The summed E-state index contributed by atoms with van der Waals surface area (Å²) in [5.74, 6) is 0.930. The molecule has 2 unspecified atom stereocenters. The zero-order valence-electron chi connectivity index (χ0n) is 9.93. The Kier molecular flexibility index (Phi) is 3.85. The number of thiazole rings is 1. The van der Waals surface area contributed by atoms with Crippen molar-refractivity contribution in [3.8, 4) is 0 Å². The van der Waals surface area contributed by atoms with Crippen molar-refractivity contribution < 1.29 is 8.42 Å². The van der Waals surface area contributed by atoms with Crippen molar-refractivity contribution in [1.29, 1.82) is 0 Å². The predicted octanol–water partition coefficient (Wildman–Crippen LogP) is 1.01. The molecule has 0 spiro atoms. The average molecular weight is 274 g/mol. The Labute approximate surface area is 106 Å². The van der Waals surface area contributed by atoms with E-state index in [4.69, 9.17) is 5.73 Å². The lowest BCUT2D eigenvalue weighted by atomic mass is 10.1. The molecule has 0 radical (unpaired) electrons. The molecule has 2 atom stereocenters. The molecule has 2 N–H and O–H groups in total. The Morgan fingerprint density at radius 3 is 3.00 bits per heavy atom. The normalized spacial score (nSPS) is 24.9. The Bertz CT molecular complexity index is 479. The van der Waals surface area contributed by atoms with Gasteiger partial charge in [0.2, 0.25) is 0 Å². The molecular formula is C11H18N2O2S2. The van der Waals surface area contributed by atoms with Crippen LogP contribution in [-0.4, -0.2) is 30.9 Å². The van der Waals surface area contributed by atoms with Crippen LogP contribution in [0.15, 0.2) is 6.20 Å². The maximum Gasteiger partial charge on any atom is 0.150 e. The number of rotatable bonds is 4. The largest absolute Gasteiger partial charge is 0.328 e. The third kappa shape index (κ3) is 3.76. The zero-order valence-corrected chi connectivity index (χ0v) is 11.6. The SMILES string of the molecule is CC(N)Cc1cnc(CC2CCS(=O)(=O)C2)s1. The number of nitrogens with zero attached hydrogens (tertiary/aromatic N) is 1. The van der Waals surface area contributed by atoms with Gasteiger partial charge in [-0.15, -0.1) is 11.3 Å². The molecule has 96 valence electrons. The van der Waals surface area contributed by atoms with Crippen molar-refractivity contribution in [2.75, 3.05) is 11.5 Å². The van der Waals surface area contributed by atoms with Crippen molar-refractivity contribution in [3.63, 3.8) is 0 Å². The van der Waals surface area contributed by atoms with Crippen LogP contribution in [0.1, 0.15) is 23.2 Å². The van der Waals surface area contributed by atoms with E-state index in [-0.39, 0.29) is 12.0 Å².